The molecular weight excluding hydrogens is 461 g/mol. The van der Waals surface area contributed by atoms with Gasteiger partial charge in [0, 0.05) is 42.4 Å². The van der Waals surface area contributed by atoms with E-state index in [1.165, 1.54) is 12.1 Å². The molecule has 36 heavy (non-hydrogen) atoms. The molecule has 5 rings (SSSR count). The van der Waals surface area contributed by atoms with Crippen molar-refractivity contribution in [1.82, 2.24) is 4.90 Å². The lowest BCUT2D eigenvalue weighted by molar-refractivity contribution is -0.143. The number of benzene rings is 2. The van der Waals surface area contributed by atoms with E-state index in [4.69, 9.17) is 9.15 Å². The van der Waals surface area contributed by atoms with Crippen LogP contribution in [-0.2, 0) is 17.8 Å². The van der Waals surface area contributed by atoms with Crippen LogP contribution in [0.1, 0.15) is 55.2 Å². The fourth-order valence-corrected chi connectivity index (χ4v) is 5.69. The van der Waals surface area contributed by atoms with E-state index in [0.29, 0.717) is 42.8 Å². The minimum atomic E-state index is -0.618. The standard InChI is InChI=1S/C29H32FNO5/c1-19-24-10-9-23(35-18-20-5-7-22(30)8-6-20)16-26(24)36-28(33)25(19)11-12-27(32)31-15-14-29(34)13-3-2-4-21(29)17-31/h5-10,16,21,34H,2-4,11-15,17-18H2,1H3/t21-,29+/m1/s1. The first-order valence-electron chi connectivity index (χ1n) is 12.8. The van der Waals surface area contributed by atoms with Crippen LogP contribution in [0.3, 0.4) is 0 Å². The summed E-state index contributed by atoms with van der Waals surface area (Å²) < 4.78 is 24.5. The summed E-state index contributed by atoms with van der Waals surface area (Å²) in [5.41, 5.74) is 1.52. The van der Waals surface area contributed by atoms with Crippen molar-refractivity contribution in [2.24, 2.45) is 5.92 Å². The molecule has 2 heterocycles. The van der Waals surface area contributed by atoms with Crippen LogP contribution < -0.4 is 10.4 Å². The molecule has 2 atom stereocenters. The molecule has 0 bridgehead atoms. The minimum Gasteiger partial charge on any atom is -0.489 e. The van der Waals surface area contributed by atoms with E-state index in [1.54, 1.807) is 18.2 Å². The first kappa shape index (κ1) is 24.5. The van der Waals surface area contributed by atoms with Gasteiger partial charge in [-0.3, -0.25) is 4.79 Å². The van der Waals surface area contributed by atoms with Crippen LogP contribution in [0.15, 0.2) is 51.7 Å². The Bertz CT molecular complexity index is 1320. The highest BCUT2D eigenvalue weighted by Gasteiger charge is 2.43. The van der Waals surface area contributed by atoms with Gasteiger partial charge in [-0.15, -0.1) is 0 Å². The molecule has 1 saturated heterocycles. The number of rotatable bonds is 6. The van der Waals surface area contributed by atoms with Gasteiger partial charge in [-0.05, 0) is 68.0 Å². The van der Waals surface area contributed by atoms with Crippen molar-refractivity contribution in [3.05, 3.63) is 75.4 Å². The van der Waals surface area contributed by atoms with Crippen molar-refractivity contribution in [3.63, 3.8) is 0 Å². The summed E-state index contributed by atoms with van der Waals surface area (Å²) >= 11 is 0. The van der Waals surface area contributed by atoms with Gasteiger partial charge in [-0.1, -0.05) is 25.0 Å². The number of nitrogens with zero attached hydrogens (tertiary/aromatic N) is 1. The molecule has 0 spiro atoms. The lowest BCUT2D eigenvalue weighted by Gasteiger charge is -2.47. The Morgan fingerprint density at radius 1 is 1.19 bits per heavy atom. The van der Waals surface area contributed by atoms with Crippen molar-refractivity contribution in [3.8, 4) is 5.75 Å². The Morgan fingerprint density at radius 2 is 2.00 bits per heavy atom. The van der Waals surface area contributed by atoms with E-state index in [-0.39, 0.29) is 30.7 Å². The third kappa shape index (κ3) is 5.03. The SMILES string of the molecule is Cc1c(CCC(=O)N2CC[C@@]3(O)CCCC[C@@H]3C2)c(=O)oc2cc(OCc3ccc(F)cc3)ccc12. The second-order valence-corrected chi connectivity index (χ2v) is 10.2. The zero-order chi connectivity index (χ0) is 25.3. The maximum atomic E-state index is 13.1. The topological polar surface area (TPSA) is 80.0 Å². The summed E-state index contributed by atoms with van der Waals surface area (Å²) in [5.74, 6) is 0.415. The van der Waals surface area contributed by atoms with Gasteiger partial charge in [0.1, 0.15) is 23.8 Å². The molecule has 1 amide bonds. The van der Waals surface area contributed by atoms with Gasteiger partial charge in [-0.2, -0.15) is 0 Å². The number of hydrogen-bond donors (Lipinski definition) is 1. The number of ether oxygens (including phenoxy) is 1. The van der Waals surface area contributed by atoms with E-state index in [2.05, 4.69) is 0 Å². The zero-order valence-corrected chi connectivity index (χ0v) is 20.6. The molecule has 6 nitrogen and oxygen atoms in total. The molecule has 1 saturated carbocycles. The van der Waals surface area contributed by atoms with E-state index >= 15 is 0 Å². The summed E-state index contributed by atoms with van der Waals surface area (Å²) in [7, 11) is 0. The summed E-state index contributed by atoms with van der Waals surface area (Å²) in [6.45, 7) is 3.31. The second-order valence-electron chi connectivity index (χ2n) is 10.2. The molecule has 1 N–H and O–H groups in total. The van der Waals surface area contributed by atoms with Crippen molar-refractivity contribution in [1.29, 1.82) is 0 Å². The predicted molar refractivity (Wildman–Crippen MR) is 134 cm³/mol. The monoisotopic (exact) mass is 493 g/mol. The fourth-order valence-electron chi connectivity index (χ4n) is 5.69. The van der Waals surface area contributed by atoms with Gasteiger partial charge in [0.2, 0.25) is 5.91 Å². The third-order valence-electron chi connectivity index (χ3n) is 7.95. The van der Waals surface area contributed by atoms with Gasteiger partial charge >= 0.3 is 5.63 Å². The summed E-state index contributed by atoms with van der Waals surface area (Å²) in [6, 6.07) is 11.4. The van der Waals surface area contributed by atoms with Crippen LogP contribution in [-0.4, -0.2) is 34.6 Å². The number of amides is 1. The normalized spacial score (nSPS) is 21.9. The first-order valence-corrected chi connectivity index (χ1v) is 12.8. The molecule has 2 aromatic carbocycles. The molecule has 0 unspecified atom stereocenters. The number of halogens is 1. The molecule has 3 aromatic rings. The third-order valence-corrected chi connectivity index (χ3v) is 7.95. The Morgan fingerprint density at radius 3 is 2.81 bits per heavy atom. The maximum Gasteiger partial charge on any atom is 0.339 e. The Kier molecular flexibility index (Phi) is 6.84. The quantitative estimate of drug-likeness (QED) is 0.494. The van der Waals surface area contributed by atoms with Crippen molar-refractivity contribution in [2.75, 3.05) is 13.1 Å². The van der Waals surface area contributed by atoms with Crippen molar-refractivity contribution >= 4 is 16.9 Å². The minimum absolute atomic E-state index is 0.0195. The van der Waals surface area contributed by atoms with Crippen LogP contribution in [0.25, 0.3) is 11.0 Å². The largest absolute Gasteiger partial charge is 0.489 e. The molecule has 7 heteroatoms. The Hall–Kier alpha value is -3.19. The molecule has 1 aromatic heterocycles. The molecule has 2 fully saturated rings. The number of piperidine rings is 1. The van der Waals surface area contributed by atoms with Gasteiger partial charge < -0.3 is 19.2 Å². The smallest absolute Gasteiger partial charge is 0.339 e. The lowest BCUT2D eigenvalue weighted by Crippen LogP contribution is -2.54. The van der Waals surface area contributed by atoms with Crippen LogP contribution in [0.5, 0.6) is 5.75 Å². The van der Waals surface area contributed by atoms with Gasteiger partial charge in [0.25, 0.3) is 0 Å². The molecule has 190 valence electrons. The molecule has 0 radical (unpaired) electrons. The maximum absolute atomic E-state index is 13.1. The second kappa shape index (κ2) is 10.1. The summed E-state index contributed by atoms with van der Waals surface area (Å²) in [5, 5.41) is 11.7. The predicted octanol–water partition coefficient (Wildman–Crippen LogP) is 4.91. The number of carbonyl (C=O) groups is 1. The zero-order valence-electron chi connectivity index (χ0n) is 20.6. The fraction of sp³-hybridized carbons (Fsp3) is 0.448. The van der Waals surface area contributed by atoms with E-state index < -0.39 is 11.2 Å². The molecule has 1 aliphatic carbocycles. The highest BCUT2D eigenvalue weighted by atomic mass is 19.1. The molecular formula is C29H32FNO5. The van der Waals surface area contributed by atoms with Crippen LogP contribution in [0.2, 0.25) is 0 Å². The number of aliphatic hydroxyl groups is 1. The number of carbonyl (C=O) groups excluding carboxylic acids is 1. The van der Waals surface area contributed by atoms with E-state index in [0.717, 1.165) is 42.2 Å². The Labute approximate surface area is 209 Å². The summed E-state index contributed by atoms with van der Waals surface area (Å²) in [4.78, 5) is 27.6. The van der Waals surface area contributed by atoms with Crippen molar-refractivity contribution < 1.29 is 23.4 Å². The van der Waals surface area contributed by atoms with Crippen molar-refractivity contribution in [2.45, 2.75) is 64.1 Å². The highest BCUT2D eigenvalue weighted by molar-refractivity contribution is 5.83. The highest BCUT2D eigenvalue weighted by Crippen LogP contribution is 2.40. The average molecular weight is 494 g/mol. The van der Waals surface area contributed by atoms with E-state index in [1.807, 2.05) is 24.0 Å². The number of hydrogen-bond acceptors (Lipinski definition) is 5. The molecule has 1 aliphatic heterocycles. The van der Waals surface area contributed by atoms with Gasteiger partial charge in [-0.25, -0.2) is 9.18 Å². The number of likely N-dealkylation sites (tertiary alicyclic amines) is 1. The number of aryl methyl sites for hydroxylation is 1. The van der Waals surface area contributed by atoms with Gasteiger partial charge in [0.15, 0.2) is 0 Å². The summed E-state index contributed by atoms with van der Waals surface area (Å²) in [6.07, 6.45) is 5.13. The van der Waals surface area contributed by atoms with Gasteiger partial charge in [0.05, 0.1) is 5.60 Å². The lowest BCUT2D eigenvalue weighted by atomic mass is 9.71. The van der Waals surface area contributed by atoms with Crippen LogP contribution >= 0.6 is 0 Å². The Balaban J connectivity index is 1.25. The first-order chi connectivity index (χ1) is 17.3. The van der Waals surface area contributed by atoms with E-state index in [9.17, 15) is 19.1 Å². The molecule has 2 aliphatic rings. The van der Waals surface area contributed by atoms with Crippen LogP contribution in [0, 0.1) is 18.7 Å². The van der Waals surface area contributed by atoms with Crippen LogP contribution in [0.4, 0.5) is 4.39 Å². The number of fused-ring (bicyclic) bond motifs is 2. The average Bonchev–Trinajstić information content (AvgIpc) is 2.87.